The van der Waals surface area contributed by atoms with Gasteiger partial charge in [-0.3, -0.25) is 4.79 Å². The van der Waals surface area contributed by atoms with Gasteiger partial charge in [0.15, 0.2) is 0 Å². The molecule has 0 radical (unpaired) electrons. The summed E-state index contributed by atoms with van der Waals surface area (Å²) in [6.07, 6.45) is 1.56. The fourth-order valence-corrected chi connectivity index (χ4v) is 3.51. The molecular weight excluding hydrogens is 366 g/mol. The van der Waals surface area contributed by atoms with Gasteiger partial charge in [-0.05, 0) is 42.0 Å². The van der Waals surface area contributed by atoms with E-state index in [0.717, 1.165) is 36.8 Å². The molecule has 3 heterocycles. The molecule has 0 saturated carbocycles. The lowest BCUT2D eigenvalue weighted by Gasteiger charge is -2.35. The van der Waals surface area contributed by atoms with E-state index >= 15 is 0 Å². The number of hydrogen-bond donors (Lipinski definition) is 2. The highest BCUT2D eigenvalue weighted by molar-refractivity contribution is 6.10. The van der Waals surface area contributed by atoms with Gasteiger partial charge in [0, 0.05) is 30.1 Å². The van der Waals surface area contributed by atoms with Crippen LogP contribution in [0, 0.1) is 0 Å². The summed E-state index contributed by atoms with van der Waals surface area (Å²) >= 11 is 0. The normalized spacial score (nSPS) is 16.4. The number of hydrogen-bond acceptors (Lipinski definition) is 7. The van der Waals surface area contributed by atoms with E-state index in [-0.39, 0.29) is 21.9 Å². The summed E-state index contributed by atoms with van der Waals surface area (Å²) in [5.74, 6) is 1.59. The van der Waals surface area contributed by atoms with E-state index in [9.17, 15) is 4.79 Å². The molecule has 1 unspecified atom stereocenters. The molecule has 1 atom stereocenters. The highest BCUT2D eigenvalue weighted by Crippen LogP contribution is 2.24. The summed E-state index contributed by atoms with van der Waals surface area (Å²) in [6, 6.07) is 17.1. The summed E-state index contributed by atoms with van der Waals surface area (Å²) in [6.45, 7) is 2.37. The smallest absolute Gasteiger partial charge is 0.215 e. The molecule has 3 N–H and O–H groups in total. The van der Waals surface area contributed by atoms with Crippen molar-refractivity contribution in [3.8, 4) is 5.75 Å². The van der Waals surface area contributed by atoms with Gasteiger partial charge in [-0.2, -0.15) is 0 Å². The monoisotopic (exact) mass is 395 g/mol. The highest BCUT2D eigenvalue weighted by atomic mass is 16.5. The number of nitrogens with two attached hydrogens (primary N) is 1. The molecule has 0 aliphatic carbocycles. The number of nitrogens with one attached hydrogen (secondary N) is 1. The molecule has 4 rings (SSSR count). The minimum absolute atomic E-state index is 0. The van der Waals surface area contributed by atoms with Crippen molar-refractivity contribution < 1.29 is 13.8 Å². The van der Waals surface area contributed by atoms with Crippen molar-refractivity contribution in [2.24, 2.45) is 0 Å². The molecule has 7 nitrogen and oxygen atoms in total. The third-order valence-electron chi connectivity index (χ3n) is 5.05. The second-order valence-corrected chi connectivity index (χ2v) is 6.88. The predicted molar refractivity (Wildman–Crippen MR) is 119 cm³/mol. The second kappa shape index (κ2) is 8.28. The number of carbonyl (C=O) groups excluding carboxylic acids is 1. The van der Waals surface area contributed by atoms with Crippen LogP contribution in [0.3, 0.4) is 0 Å². The fraction of sp³-hybridized carbons (Fsp3) is 0.227. The number of rotatable bonds is 5. The lowest BCUT2D eigenvalue weighted by atomic mass is 10.0. The molecule has 0 spiro atoms. The first-order valence-electron chi connectivity index (χ1n) is 9.50. The zero-order valence-corrected chi connectivity index (χ0v) is 16.2. The van der Waals surface area contributed by atoms with Gasteiger partial charge in [0.2, 0.25) is 5.78 Å². The average molecular weight is 396 g/mol. The summed E-state index contributed by atoms with van der Waals surface area (Å²) in [7, 11) is 1.67. The Hall–Kier alpha value is -3.45. The third-order valence-corrected chi connectivity index (χ3v) is 5.05. The quantitative estimate of drug-likeness (QED) is 0.641. The number of piperazine rings is 1. The molecule has 0 amide bonds. The number of ether oxygens (including phenoxy) is 1. The van der Waals surface area contributed by atoms with Gasteiger partial charge in [0.1, 0.15) is 23.1 Å². The Morgan fingerprint density at radius 3 is 2.93 bits per heavy atom. The first-order valence-corrected chi connectivity index (χ1v) is 9.50. The zero-order valence-electron chi connectivity index (χ0n) is 16.2. The summed E-state index contributed by atoms with van der Waals surface area (Å²) in [5, 5.41) is 3.54. The first-order chi connectivity index (χ1) is 14.2. The van der Waals surface area contributed by atoms with Crippen molar-refractivity contribution in [1.82, 2.24) is 15.3 Å². The molecule has 29 heavy (non-hydrogen) atoms. The number of aromatic nitrogens is 2. The highest BCUT2D eigenvalue weighted by Gasteiger charge is 2.23. The van der Waals surface area contributed by atoms with Crippen molar-refractivity contribution in [2.45, 2.75) is 6.04 Å². The lowest BCUT2D eigenvalue weighted by molar-refractivity contribution is 0.103. The summed E-state index contributed by atoms with van der Waals surface area (Å²) in [4.78, 5) is 23.6. The van der Waals surface area contributed by atoms with Crippen molar-refractivity contribution in [3.05, 3.63) is 77.6 Å². The number of ketones is 1. The van der Waals surface area contributed by atoms with Crippen LogP contribution in [0.15, 0.2) is 60.8 Å². The van der Waals surface area contributed by atoms with E-state index in [4.69, 9.17) is 10.5 Å². The summed E-state index contributed by atoms with van der Waals surface area (Å²) < 4.78 is 5.34. The van der Waals surface area contributed by atoms with E-state index in [1.165, 1.54) is 0 Å². The Bertz CT molecular complexity index is 1040. The Morgan fingerprint density at radius 2 is 2.10 bits per heavy atom. The molecule has 1 aromatic carbocycles. The van der Waals surface area contributed by atoms with Crippen LogP contribution in [-0.2, 0) is 0 Å². The van der Waals surface area contributed by atoms with Crippen molar-refractivity contribution in [2.75, 3.05) is 37.4 Å². The first kappa shape index (κ1) is 18.9. The van der Waals surface area contributed by atoms with E-state index < -0.39 is 0 Å². The molecule has 2 aromatic heterocycles. The Balaban J connectivity index is 0.00000171. The van der Waals surface area contributed by atoms with Crippen LogP contribution in [0.2, 0.25) is 0 Å². The van der Waals surface area contributed by atoms with Gasteiger partial charge in [-0.15, -0.1) is 0 Å². The SMILES string of the molecule is COc1cccc(C2CN(c3cccc(C(=O)c4cccnc4N)n3)CCN2)c1.[HH].[HH].[HH]. The van der Waals surface area contributed by atoms with Crippen LogP contribution in [-0.4, -0.2) is 42.5 Å². The zero-order chi connectivity index (χ0) is 20.2. The number of nitrogen functional groups attached to an aromatic ring is 1. The van der Waals surface area contributed by atoms with E-state index in [0.29, 0.717) is 11.3 Å². The van der Waals surface area contributed by atoms with Crippen LogP contribution < -0.4 is 20.7 Å². The van der Waals surface area contributed by atoms with Crippen molar-refractivity contribution in [1.29, 1.82) is 0 Å². The van der Waals surface area contributed by atoms with Crippen LogP contribution in [0.5, 0.6) is 5.75 Å². The fourth-order valence-electron chi connectivity index (χ4n) is 3.51. The van der Waals surface area contributed by atoms with Crippen molar-refractivity contribution in [3.63, 3.8) is 0 Å². The molecule has 1 aliphatic heterocycles. The molecular formula is C22H29N5O2. The maximum Gasteiger partial charge on any atom is 0.215 e. The molecule has 7 heteroatoms. The Morgan fingerprint density at radius 1 is 1.24 bits per heavy atom. The van der Waals surface area contributed by atoms with E-state index in [2.05, 4.69) is 26.3 Å². The lowest BCUT2D eigenvalue weighted by Crippen LogP contribution is -2.46. The number of carbonyl (C=O) groups is 1. The molecule has 1 saturated heterocycles. The number of anilines is 2. The van der Waals surface area contributed by atoms with Crippen LogP contribution in [0.1, 0.15) is 31.9 Å². The second-order valence-electron chi connectivity index (χ2n) is 6.88. The van der Waals surface area contributed by atoms with E-state index in [1.807, 2.05) is 30.3 Å². The number of pyridine rings is 2. The number of nitrogens with zero attached hydrogens (tertiary/aromatic N) is 3. The predicted octanol–water partition coefficient (Wildman–Crippen LogP) is 3.19. The Kier molecular flexibility index (Phi) is 5.39. The molecule has 1 fully saturated rings. The van der Waals surface area contributed by atoms with Gasteiger partial charge in [-0.1, -0.05) is 18.2 Å². The topological polar surface area (TPSA) is 93.4 Å². The maximum absolute atomic E-state index is 12.8. The number of benzene rings is 1. The maximum atomic E-state index is 12.8. The third kappa shape index (κ3) is 4.05. The van der Waals surface area contributed by atoms with Gasteiger partial charge < -0.3 is 20.7 Å². The van der Waals surface area contributed by atoms with Crippen molar-refractivity contribution >= 4 is 17.4 Å². The standard InChI is InChI=1S/C22H23N5O2.3H2/c1-29-16-6-2-5-15(13-16)19-14-27(12-11-24-19)20-9-3-8-18(26-20)21(28)17-7-4-10-25-22(17)23;;;/h2-10,13,19,24H,11-12,14H2,1H3,(H2,23,25);3*1H. The molecule has 3 aromatic rings. The molecule has 0 bridgehead atoms. The number of methoxy groups -OCH3 is 1. The van der Waals surface area contributed by atoms with E-state index in [1.54, 1.807) is 31.5 Å². The molecule has 1 aliphatic rings. The summed E-state index contributed by atoms with van der Waals surface area (Å²) in [5.41, 5.74) is 7.74. The van der Waals surface area contributed by atoms with Gasteiger partial charge in [0.05, 0.1) is 18.7 Å². The van der Waals surface area contributed by atoms with Crippen LogP contribution in [0.4, 0.5) is 11.6 Å². The average Bonchev–Trinajstić information content (AvgIpc) is 2.79. The minimum Gasteiger partial charge on any atom is -0.497 e. The van der Waals surface area contributed by atoms with Gasteiger partial charge in [0.25, 0.3) is 0 Å². The largest absolute Gasteiger partial charge is 0.497 e. The van der Waals surface area contributed by atoms with Crippen LogP contribution >= 0.6 is 0 Å². The Labute approximate surface area is 174 Å². The molecule has 154 valence electrons. The van der Waals surface area contributed by atoms with Crippen LogP contribution in [0.25, 0.3) is 0 Å². The van der Waals surface area contributed by atoms with Gasteiger partial charge >= 0.3 is 0 Å². The van der Waals surface area contributed by atoms with Gasteiger partial charge in [-0.25, -0.2) is 9.97 Å². The minimum atomic E-state index is -0.225.